The molecule has 0 aromatic heterocycles. The maximum atomic E-state index is 13.2. The fraction of sp³-hybridized carbons (Fsp3) is 0.632. The van der Waals surface area contributed by atoms with Gasteiger partial charge in [-0.3, -0.25) is 4.79 Å². The van der Waals surface area contributed by atoms with Crippen molar-refractivity contribution in [1.29, 1.82) is 0 Å². The van der Waals surface area contributed by atoms with Crippen molar-refractivity contribution >= 4 is 33.3 Å². The Balaban J connectivity index is 1.52. The second-order valence-corrected chi connectivity index (χ2v) is 9.22. The first-order valence-electron chi connectivity index (χ1n) is 8.61. The van der Waals surface area contributed by atoms with E-state index in [-0.39, 0.29) is 5.41 Å². The average molecular weight is 398 g/mol. The second kappa shape index (κ2) is 5.77. The molecule has 4 bridgehead atoms. The highest BCUT2D eigenvalue weighted by atomic mass is 79.9. The number of carbonyl (C=O) groups excluding carboxylic acids is 1. The molecule has 4 heteroatoms. The largest absolute Gasteiger partial charge is 0.481 e. The third-order valence-corrected chi connectivity index (χ3v) is 6.92. The first-order chi connectivity index (χ1) is 10.9. The van der Waals surface area contributed by atoms with Crippen LogP contribution in [0.2, 0.25) is 5.02 Å². The summed E-state index contributed by atoms with van der Waals surface area (Å²) in [6.07, 6.45) is 6.87. The molecule has 0 radical (unpaired) electrons. The molecule has 0 saturated heterocycles. The van der Waals surface area contributed by atoms with Gasteiger partial charge in [0, 0.05) is 9.89 Å². The van der Waals surface area contributed by atoms with E-state index >= 15 is 0 Å². The molecule has 1 aromatic carbocycles. The predicted molar refractivity (Wildman–Crippen MR) is 94.9 cm³/mol. The first-order valence-corrected chi connectivity index (χ1v) is 9.78. The lowest BCUT2D eigenvalue weighted by atomic mass is 9.48. The van der Waals surface area contributed by atoms with Gasteiger partial charge in [-0.15, -0.1) is 0 Å². The highest BCUT2D eigenvalue weighted by Crippen LogP contribution is 2.60. The summed E-state index contributed by atoms with van der Waals surface area (Å²) in [5, 5.41) is 0.546. The van der Waals surface area contributed by atoms with Crippen LogP contribution in [0.1, 0.15) is 45.4 Å². The van der Waals surface area contributed by atoms with Crippen molar-refractivity contribution in [3.63, 3.8) is 0 Å². The number of benzene rings is 1. The van der Waals surface area contributed by atoms with Crippen molar-refractivity contribution in [2.75, 3.05) is 0 Å². The Morgan fingerprint density at radius 2 is 1.78 bits per heavy atom. The molecule has 0 spiro atoms. The molecule has 1 aromatic rings. The molecule has 2 nitrogen and oxygen atoms in total. The van der Waals surface area contributed by atoms with Crippen LogP contribution in [0.25, 0.3) is 0 Å². The monoisotopic (exact) mass is 396 g/mol. The number of hydrogen-bond donors (Lipinski definition) is 0. The Bertz CT molecular complexity index is 607. The van der Waals surface area contributed by atoms with Crippen LogP contribution in [0.3, 0.4) is 0 Å². The molecule has 1 atom stereocenters. The van der Waals surface area contributed by atoms with Gasteiger partial charge in [-0.05, 0) is 81.4 Å². The molecule has 5 rings (SSSR count). The molecule has 124 valence electrons. The van der Waals surface area contributed by atoms with Gasteiger partial charge >= 0.3 is 0 Å². The molecule has 0 heterocycles. The van der Waals surface area contributed by atoms with Crippen LogP contribution in [0.15, 0.2) is 22.7 Å². The maximum absolute atomic E-state index is 13.2. The van der Waals surface area contributed by atoms with Crippen molar-refractivity contribution in [3.05, 3.63) is 27.7 Å². The zero-order valence-electron chi connectivity index (χ0n) is 13.4. The normalized spacial score (nSPS) is 36.0. The van der Waals surface area contributed by atoms with Crippen LogP contribution in [-0.2, 0) is 4.79 Å². The minimum atomic E-state index is -0.426. The smallest absolute Gasteiger partial charge is 0.179 e. The maximum Gasteiger partial charge on any atom is 0.179 e. The van der Waals surface area contributed by atoms with E-state index < -0.39 is 6.10 Å². The molecule has 0 N–H and O–H groups in total. The van der Waals surface area contributed by atoms with E-state index in [1.807, 2.05) is 19.1 Å². The van der Waals surface area contributed by atoms with Crippen LogP contribution in [0.4, 0.5) is 0 Å². The zero-order valence-corrected chi connectivity index (χ0v) is 15.7. The SMILES string of the molecule is C[C@H](Oc1ccc(Br)cc1Cl)C(=O)C12CC3CC(CC(C3)C1)C2. The lowest BCUT2D eigenvalue weighted by Gasteiger charge is -2.56. The van der Waals surface area contributed by atoms with E-state index in [4.69, 9.17) is 16.3 Å². The van der Waals surface area contributed by atoms with Gasteiger partial charge in [0.2, 0.25) is 0 Å². The molecule has 0 aliphatic heterocycles. The Kier molecular flexibility index (Phi) is 4.00. The quantitative estimate of drug-likeness (QED) is 0.655. The highest BCUT2D eigenvalue weighted by Gasteiger charge is 2.55. The van der Waals surface area contributed by atoms with Crippen molar-refractivity contribution in [2.45, 2.75) is 51.6 Å². The average Bonchev–Trinajstić information content (AvgIpc) is 2.48. The Labute approximate surface area is 151 Å². The number of ketones is 1. The van der Waals surface area contributed by atoms with E-state index in [1.165, 1.54) is 19.3 Å². The number of rotatable bonds is 4. The number of carbonyl (C=O) groups is 1. The van der Waals surface area contributed by atoms with Crippen LogP contribution in [0, 0.1) is 23.2 Å². The molecule has 4 fully saturated rings. The lowest BCUT2D eigenvalue weighted by molar-refractivity contribution is -0.150. The first kappa shape index (κ1) is 16.0. The Morgan fingerprint density at radius 1 is 1.22 bits per heavy atom. The van der Waals surface area contributed by atoms with Gasteiger partial charge in [0.15, 0.2) is 11.9 Å². The van der Waals surface area contributed by atoms with E-state index in [9.17, 15) is 4.79 Å². The van der Waals surface area contributed by atoms with E-state index in [0.717, 1.165) is 41.5 Å². The van der Waals surface area contributed by atoms with Crippen LogP contribution < -0.4 is 4.74 Å². The number of halogens is 2. The molecular weight excluding hydrogens is 376 g/mol. The fourth-order valence-corrected chi connectivity index (χ4v) is 6.38. The summed E-state index contributed by atoms with van der Waals surface area (Å²) in [6.45, 7) is 1.89. The van der Waals surface area contributed by atoms with Gasteiger partial charge in [0.25, 0.3) is 0 Å². The molecule has 4 saturated carbocycles. The van der Waals surface area contributed by atoms with E-state index in [0.29, 0.717) is 16.6 Å². The molecule has 23 heavy (non-hydrogen) atoms. The summed E-state index contributed by atoms with van der Waals surface area (Å²) < 4.78 is 6.86. The van der Waals surface area contributed by atoms with Crippen LogP contribution >= 0.6 is 27.5 Å². The van der Waals surface area contributed by atoms with Crippen molar-refractivity contribution in [3.8, 4) is 5.75 Å². The lowest BCUT2D eigenvalue weighted by Crippen LogP contribution is -2.53. The van der Waals surface area contributed by atoms with Gasteiger partial charge in [0.05, 0.1) is 5.02 Å². The summed E-state index contributed by atoms with van der Waals surface area (Å²) >= 11 is 9.62. The van der Waals surface area contributed by atoms with Crippen molar-refractivity contribution in [1.82, 2.24) is 0 Å². The van der Waals surface area contributed by atoms with Crippen molar-refractivity contribution in [2.24, 2.45) is 23.2 Å². The van der Waals surface area contributed by atoms with E-state index in [2.05, 4.69) is 15.9 Å². The summed E-state index contributed by atoms with van der Waals surface area (Å²) in [4.78, 5) is 13.2. The molecule has 0 unspecified atom stereocenters. The fourth-order valence-electron chi connectivity index (χ4n) is 5.66. The highest BCUT2D eigenvalue weighted by molar-refractivity contribution is 9.10. The minimum Gasteiger partial charge on any atom is -0.481 e. The second-order valence-electron chi connectivity index (χ2n) is 7.90. The van der Waals surface area contributed by atoms with Crippen LogP contribution in [-0.4, -0.2) is 11.9 Å². The standard InChI is InChI=1S/C19H22BrClO2/c1-11(23-17-3-2-15(20)7-16(17)21)18(22)19-8-12-4-13(9-19)6-14(5-12)10-19/h2-3,7,11-14H,4-6,8-10H2,1H3/t11-,12?,13?,14?,19?/m0/s1. The minimum absolute atomic E-state index is 0.115. The third kappa shape index (κ3) is 2.84. The number of hydrogen-bond acceptors (Lipinski definition) is 2. The van der Waals surface area contributed by atoms with Crippen molar-refractivity contribution < 1.29 is 9.53 Å². The predicted octanol–water partition coefficient (Wildman–Crippen LogP) is 5.66. The van der Waals surface area contributed by atoms with Gasteiger partial charge in [0.1, 0.15) is 5.75 Å². The Morgan fingerprint density at radius 3 is 2.30 bits per heavy atom. The summed E-state index contributed by atoms with van der Waals surface area (Å²) in [7, 11) is 0. The summed E-state index contributed by atoms with van der Waals surface area (Å²) in [6, 6.07) is 5.53. The molecule has 4 aliphatic rings. The molecule has 4 aliphatic carbocycles. The topological polar surface area (TPSA) is 26.3 Å². The third-order valence-electron chi connectivity index (χ3n) is 6.13. The van der Waals surface area contributed by atoms with E-state index in [1.54, 1.807) is 6.07 Å². The van der Waals surface area contributed by atoms with Gasteiger partial charge in [-0.25, -0.2) is 0 Å². The Hall–Kier alpha value is -0.540. The van der Waals surface area contributed by atoms with Crippen LogP contribution in [0.5, 0.6) is 5.75 Å². The summed E-state index contributed by atoms with van der Waals surface area (Å²) in [5.41, 5.74) is -0.115. The number of ether oxygens (including phenoxy) is 1. The van der Waals surface area contributed by atoms with Gasteiger partial charge < -0.3 is 4.74 Å². The molecule has 0 amide bonds. The molecular formula is C19H22BrClO2. The zero-order chi connectivity index (χ0) is 16.2. The number of Topliss-reactive ketones (excluding diaryl/α,β-unsaturated/α-hetero) is 1. The van der Waals surface area contributed by atoms with Gasteiger partial charge in [-0.2, -0.15) is 0 Å². The van der Waals surface area contributed by atoms with Gasteiger partial charge in [-0.1, -0.05) is 27.5 Å². The summed E-state index contributed by atoms with van der Waals surface area (Å²) in [5.74, 6) is 3.21.